The third kappa shape index (κ3) is 5.62. The Morgan fingerprint density at radius 1 is 1.28 bits per heavy atom. The van der Waals surface area contributed by atoms with Crippen molar-refractivity contribution in [1.82, 2.24) is 4.98 Å². The number of carbonyl (C=O) groups is 1. The van der Waals surface area contributed by atoms with Gasteiger partial charge in [-0.15, -0.1) is 6.58 Å². The van der Waals surface area contributed by atoms with E-state index < -0.39 is 5.92 Å². The summed E-state index contributed by atoms with van der Waals surface area (Å²) < 4.78 is 27.7. The minimum Gasteiger partial charge on any atom is -0.356 e. The number of nitrogens with zero attached hydrogens (tertiary/aromatic N) is 2. The Kier molecular flexibility index (Phi) is 6.62. The molecule has 1 aliphatic heterocycles. The lowest BCUT2D eigenvalue weighted by Crippen LogP contribution is -2.29. The van der Waals surface area contributed by atoms with Crippen molar-refractivity contribution in [3.05, 3.63) is 65.9 Å². The predicted molar refractivity (Wildman–Crippen MR) is 113 cm³/mol. The van der Waals surface area contributed by atoms with Gasteiger partial charge in [0.2, 0.25) is 5.92 Å². The fourth-order valence-corrected chi connectivity index (χ4v) is 3.49. The molecule has 0 spiro atoms. The molecule has 0 atom stereocenters. The van der Waals surface area contributed by atoms with Crippen molar-refractivity contribution in [3.8, 4) is 0 Å². The highest BCUT2D eigenvalue weighted by molar-refractivity contribution is 6.07. The molecule has 6 heteroatoms. The zero-order valence-electron chi connectivity index (χ0n) is 16.8. The number of alkyl halides is 2. The van der Waals surface area contributed by atoms with E-state index in [1.54, 1.807) is 6.07 Å². The lowest BCUT2D eigenvalue weighted by atomic mass is 10.1. The Morgan fingerprint density at radius 3 is 2.86 bits per heavy atom. The van der Waals surface area contributed by atoms with Crippen LogP contribution in [0.1, 0.15) is 47.3 Å². The van der Waals surface area contributed by atoms with Gasteiger partial charge in [0.25, 0.3) is 5.91 Å². The molecule has 1 N–H and O–H groups in total. The van der Waals surface area contributed by atoms with Crippen LogP contribution < -0.4 is 10.2 Å². The van der Waals surface area contributed by atoms with Gasteiger partial charge in [0, 0.05) is 37.3 Å². The standard InChI is InChI=1S/C23H27F2N3O/c1-3-4-8-18-10-11-20(22(29)27-19-9-5-7-17(2)16-19)21(26-18)28-14-6-12-23(24,25)13-15-28/h3,5,7,9-11,16H,1,4,6,8,12-15H2,2H3,(H,27,29). The molecule has 0 radical (unpaired) electrons. The quantitative estimate of drug-likeness (QED) is 0.663. The molecule has 0 saturated carbocycles. The van der Waals surface area contributed by atoms with Gasteiger partial charge in [-0.2, -0.15) is 0 Å². The van der Waals surface area contributed by atoms with Crippen LogP contribution in [0.4, 0.5) is 20.3 Å². The minimum absolute atomic E-state index is 0.134. The molecule has 0 aliphatic carbocycles. The maximum Gasteiger partial charge on any atom is 0.259 e. The maximum absolute atomic E-state index is 13.8. The van der Waals surface area contributed by atoms with Gasteiger partial charge >= 0.3 is 0 Å². The molecule has 2 aromatic rings. The molecular formula is C23H27F2N3O. The Labute approximate surface area is 170 Å². The van der Waals surface area contributed by atoms with Crippen LogP contribution in [0.2, 0.25) is 0 Å². The largest absolute Gasteiger partial charge is 0.356 e. The fraction of sp³-hybridized carbons (Fsp3) is 0.391. The number of nitrogens with one attached hydrogen (secondary N) is 1. The number of hydrogen-bond donors (Lipinski definition) is 1. The second-order valence-corrected chi connectivity index (χ2v) is 7.52. The average molecular weight is 399 g/mol. The number of rotatable bonds is 6. The van der Waals surface area contributed by atoms with E-state index in [-0.39, 0.29) is 25.3 Å². The van der Waals surface area contributed by atoms with Crippen LogP contribution in [0.3, 0.4) is 0 Å². The fourth-order valence-electron chi connectivity index (χ4n) is 3.49. The Bertz CT molecular complexity index is 882. The van der Waals surface area contributed by atoms with E-state index in [1.807, 2.05) is 48.2 Å². The predicted octanol–water partition coefficient (Wildman–Crippen LogP) is 5.39. The average Bonchev–Trinajstić information content (AvgIpc) is 2.86. The number of amides is 1. The van der Waals surface area contributed by atoms with Crippen molar-refractivity contribution in [2.75, 3.05) is 23.3 Å². The summed E-state index contributed by atoms with van der Waals surface area (Å²) in [5.74, 6) is -2.47. The van der Waals surface area contributed by atoms with Crippen LogP contribution in [-0.2, 0) is 6.42 Å². The van der Waals surface area contributed by atoms with E-state index in [2.05, 4.69) is 16.9 Å². The zero-order valence-corrected chi connectivity index (χ0v) is 16.8. The van der Waals surface area contributed by atoms with Gasteiger partial charge in [-0.1, -0.05) is 18.2 Å². The van der Waals surface area contributed by atoms with Crippen LogP contribution in [-0.4, -0.2) is 29.9 Å². The van der Waals surface area contributed by atoms with E-state index in [9.17, 15) is 13.6 Å². The molecule has 154 valence electrons. The molecule has 2 heterocycles. The first-order valence-electron chi connectivity index (χ1n) is 9.99. The van der Waals surface area contributed by atoms with Crippen molar-refractivity contribution >= 4 is 17.4 Å². The first-order chi connectivity index (χ1) is 13.9. The number of benzene rings is 1. The minimum atomic E-state index is -2.67. The maximum atomic E-state index is 13.8. The zero-order chi connectivity index (χ0) is 20.9. The van der Waals surface area contributed by atoms with Gasteiger partial charge in [-0.05, 0) is 56.0 Å². The number of halogens is 2. The van der Waals surface area contributed by atoms with Crippen LogP contribution >= 0.6 is 0 Å². The molecule has 0 bridgehead atoms. The van der Waals surface area contributed by atoms with Gasteiger partial charge in [0.15, 0.2) is 0 Å². The Hall–Kier alpha value is -2.76. The molecule has 4 nitrogen and oxygen atoms in total. The van der Waals surface area contributed by atoms with Crippen LogP contribution in [0.5, 0.6) is 0 Å². The first-order valence-corrected chi connectivity index (χ1v) is 9.99. The lowest BCUT2D eigenvalue weighted by molar-refractivity contribution is -0.0102. The molecule has 1 aromatic heterocycles. The van der Waals surface area contributed by atoms with Crippen molar-refractivity contribution in [2.45, 2.75) is 45.0 Å². The van der Waals surface area contributed by atoms with Gasteiger partial charge in [-0.25, -0.2) is 13.8 Å². The number of aryl methyl sites for hydroxylation is 2. The Balaban J connectivity index is 1.90. The number of allylic oxidation sites excluding steroid dienone is 1. The summed E-state index contributed by atoms with van der Waals surface area (Å²) in [5.41, 5.74) is 2.96. The summed E-state index contributed by atoms with van der Waals surface area (Å²) >= 11 is 0. The van der Waals surface area contributed by atoms with E-state index in [1.165, 1.54) is 0 Å². The molecule has 1 amide bonds. The van der Waals surface area contributed by atoms with Crippen molar-refractivity contribution in [1.29, 1.82) is 0 Å². The normalized spacial score (nSPS) is 16.2. The first kappa shape index (κ1) is 21.0. The van der Waals surface area contributed by atoms with E-state index in [4.69, 9.17) is 0 Å². The van der Waals surface area contributed by atoms with Crippen LogP contribution in [0.15, 0.2) is 49.1 Å². The molecule has 1 saturated heterocycles. The highest BCUT2D eigenvalue weighted by Crippen LogP contribution is 2.31. The van der Waals surface area contributed by atoms with Gasteiger partial charge in [0.05, 0.1) is 5.56 Å². The van der Waals surface area contributed by atoms with Crippen LogP contribution in [0.25, 0.3) is 0 Å². The number of aromatic nitrogens is 1. The molecule has 1 aliphatic rings. The molecule has 3 rings (SSSR count). The summed E-state index contributed by atoms with van der Waals surface area (Å²) in [6.07, 6.45) is 3.27. The van der Waals surface area contributed by atoms with E-state index >= 15 is 0 Å². The van der Waals surface area contributed by atoms with E-state index in [0.717, 1.165) is 17.7 Å². The lowest BCUT2D eigenvalue weighted by Gasteiger charge is -2.24. The van der Waals surface area contributed by atoms with E-state index in [0.29, 0.717) is 36.5 Å². The second kappa shape index (κ2) is 9.16. The summed E-state index contributed by atoms with van der Waals surface area (Å²) in [6, 6.07) is 11.1. The topological polar surface area (TPSA) is 45.2 Å². The Morgan fingerprint density at radius 2 is 2.10 bits per heavy atom. The number of hydrogen-bond acceptors (Lipinski definition) is 3. The monoisotopic (exact) mass is 399 g/mol. The van der Waals surface area contributed by atoms with Gasteiger partial charge in [0.1, 0.15) is 5.82 Å². The van der Waals surface area contributed by atoms with Crippen molar-refractivity contribution < 1.29 is 13.6 Å². The molecule has 0 unspecified atom stereocenters. The second-order valence-electron chi connectivity index (χ2n) is 7.52. The summed E-state index contributed by atoms with van der Waals surface area (Å²) in [4.78, 5) is 19.5. The third-order valence-electron chi connectivity index (χ3n) is 5.08. The summed E-state index contributed by atoms with van der Waals surface area (Å²) in [6.45, 7) is 6.32. The number of anilines is 2. The molecule has 1 aromatic carbocycles. The molecular weight excluding hydrogens is 372 g/mol. The highest BCUT2D eigenvalue weighted by Gasteiger charge is 2.33. The number of pyridine rings is 1. The van der Waals surface area contributed by atoms with Crippen molar-refractivity contribution in [3.63, 3.8) is 0 Å². The summed E-state index contributed by atoms with van der Waals surface area (Å²) in [7, 11) is 0. The van der Waals surface area contributed by atoms with Gasteiger partial charge < -0.3 is 10.2 Å². The SMILES string of the molecule is C=CCCc1ccc(C(=O)Nc2cccc(C)c2)c(N2CCCC(F)(F)CC2)n1. The number of carbonyl (C=O) groups excluding carboxylic acids is 1. The third-order valence-corrected chi connectivity index (χ3v) is 5.08. The summed E-state index contributed by atoms with van der Waals surface area (Å²) in [5, 5.41) is 2.90. The van der Waals surface area contributed by atoms with Gasteiger partial charge in [-0.3, -0.25) is 4.79 Å². The highest BCUT2D eigenvalue weighted by atomic mass is 19.3. The van der Waals surface area contributed by atoms with Crippen LogP contribution in [0, 0.1) is 6.92 Å². The smallest absolute Gasteiger partial charge is 0.259 e. The molecule has 1 fully saturated rings. The van der Waals surface area contributed by atoms with Crippen molar-refractivity contribution in [2.24, 2.45) is 0 Å². The molecule has 29 heavy (non-hydrogen) atoms.